The van der Waals surface area contributed by atoms with Gasteiger partial charge in [-0.15, -0.1) is 11.3 Å². The highest BCUT2D eigenvalue weighted by molar-refractivity contribution is 7.09. The van der Waals surface area contributed by atoms with Crippen molar-refractivity contribution in [2.24, 2.45) is 0 Å². The van der Waals surface area contributed by atoms with E-state index in [-0.39, 0.29) is 24.2 Å². The van der Waals surface area contributed by atoms with Gasteiger partial charge in [0, 0.05) is 37.0 Å². The van der Waals surface area contributed by atoms with Crippen LogP contribution in [0.1, 0.15) is 28.3 Å². The van der Waals surface area contributed by atoms with Crippen LogP contribution in [0.15, 0.2) is 78.2 Å². The summed E-state index contributed by atoms with van der Waals surface area (Å²) >= 11 is 1.67. The summed E-state index contributed by atoms with van der Waals surface area (Å²) in [4.78, 5) is 28.7. The number of thiophene rings is 1. The summed E-state index contributed by atoms with van der Waals surface area (Å²) in [6, 6.07) is 24.0. The van der Waals surface area contributed by atoms with Gasteiger partial charge < -0.3 is 10.6 Å². The molecular weight excluding hydrogens is 406 g/mol. The predicted molar refractivity (Wildman–Crippen MR) is 124 cm³/mol. The van der Waals surface area contributed by atoms with Crippen molar-refractivity contribution in [3.8, 4) is 0 Å². The summed E-state index contributed by atoms with van der Waals surface area (Å²) in [6.07, 6.45) is 0.160. The van der Waals surface area contributed by atoms with Crippen molar-refractivity contribution in [2.45, 2.75) is 24.9 Å². The van der Waals surface area contributed by atoms with Gasteiger partial charge in [0.15, 0.2) is 0 Å². The smallest absolute Gasteiger partial charge is 0.237 e. The lowest BCUT2D eigenvalue weighted by molar-refractivity contribution is -0.134. The first kappa shape index (κ1) is 21.3. The zero-order valence-electron chi connectivity index (χ0n) is 17.4. The summed E-state index contributed by atoms with van der Waals surface area (Å²) in [5.41, 5.74) is 2.31. The van der Waals surface area contributed by atoms with Crippen molar-refractivity contribution in [3.63, 3.8) is 0 Å². The van der Waals surface area contributed by atoms with Crippen molar-refractivity contribution in [1.82, 2.24) is 15.5 Å². The van der Waals surface area contributed by atoms with Gasteiger partial charge in [-0.3, -0.25) is 14.5 Å². The van der Waals surface area contributed by atoms with Gasteiger partial charge in [0.2, 0.25) is 11.8 Å². The van der Waals surface area contributed by atoms with Gasteiger partial charge in [-0.1, -0.05) is 66.7 Å². The van der Waals surface area contributed by atoms with Crippen LogP contribution in [-0.4, -0.2) is 42.4 Å². The van der Waals surface area contributed by atoms with Crippen LogP contribution in [0.3, 0.4) is 0 Å². The fourth-order valence-corrected chi connectivity index (χ4v) is 4.77. The standard InChI is InChI=1S/C25H27N3O2S/c29-24(16-23-25(30)26-13-14-28(23)18-21-12-7-15-31-21)27-17-22(19-8-3-1-4-9-19)20-10-5-2-6-11-20/h1-12,15,22-23H,13-14,16-18H2,(H,26,30)(H,27,29)/t23-/m1/s1. The van der Waals surface area contributed by atoms with Crippen LogP contribution < -0.4 is 10.6 Å². The number of piperazine rings is 1. The minimum absolute atomic E-state index is 0.0637. The normalized spacial score (nSPS) is 16.8. The summed E-state index contributed by atoms with van der Waals surface area (Å²) in [5.74, 6) is -0.107. The lowest BCUT2D eigenvalue weighted by Crippen LogP contribution is -2.56. The SMILES string of the molecule is O=C(C[C@@H]1C(=O)NCCN1Cc1cccs1)NCC(c1ccccc1)c1ccccc1. The molecule has 31 heavy (non-hydrogen) atoms. The Morgan fingerprint density at radius 2 is 1.71 bits per heavy atom. The Morgan fingerprint density at radius 3 is 2.32 bits per heavy atom. The van der Waals surface area contributed by atoms with Crippen molar-refractivity contribution >= 4 is 23.2 Å². The number of hydrogen-bond acceptors (Lipinski definition) is 4. The van der Waals surface area contributed by atoms with Crippen molar-refractivity contribution in [3.05, 3.63) is 94.2 Å². The number of hydrogen-bond donors (Lipinski definition) is 2. The first-order chi connectivity index (χ1) is 15.2. The number of nitrogens with one attached hydrogen (secondary N) is 2. The largest absolute Gasteiger partial charge is 0.355 e. The third kappa shape index (κ3) is 5.60. The molecule has 5 nitrogen and oxygen atoms in total. The zero-order chi connectivity index (χ0) is 21.5. The third-order valence-corrected chi connectivity index (χ3v) is 6.53. The lowest BCUT2D eigenvalue weighted by Gasteiger charge is -2.34. The van der Waals surface area contributed by atoms with Crippen LogP contribution in [0.2, 0.25) is 0 Å². The van der Waals surface area contributed by atoms with Crippen molar-refractivity contribution in [1.29, 1.82) is 0 Å². The molecular formula is C25H27N3O2S. The van der Waals surface area contributed by atoms with Gasteiger partial charge in [0.1, 0.15) is 0 Å². The van der Waals surface area contributed by atoms with E-state index in [0.717, 1.165) is 17.7 Å². The molecule has 160 valence electrons. The molecule has 0 radical (unpaired) electrons. The van der Waals surface area contributed by atoms with E-state index in [1.54, 1.807) is 11.3 Å². The molecule has 1 aromatic heterocycles. The van der Waals surface area contributed by atoms with Gasteiger partial charge in [0.25, 0.3) is 0 Å². The molecule has 0 unspecified atom stereocenters. The second kappa shape index (κ2) is 10.4. The molecule has 0 aliphatic carbocycles. The molecule has 0 spiro atoms. The van der Waals surface area contributed by atoms with Crippen LogP contribution in [0.5, 0.6) is 0 Å². The topological polar surface area (TPSA) is 61.4 Å². The highest BCUT2D eigenvalue weighted by Gasteiger charge is 2.32. The number of nitrogens with zero attached hydrogens (tertiary/aromatic N) is 1. The van der Waals surface area contributed by atoms with E-state index in [0.29, 0.717) is 19.6 Å². The monoisotopic (exact) mass is 433 g/mol. The van der Waals surface area contributed by atoms with Gasteiger partial charge >= 0.3 is 0 Å². The molecule has 1 aliphatic rings. The predicted octanol–water partition coefficient (Wildman–Crippen LogP) is 3.39. The lowest BCUT2D eigenvalue weighted by atomic mass is 9.91. The van der Waals surface area contributed by atoms with Gasteiger partial charge in [0.05, 0.1) is 12.5 Å². The minimum atomic E-state index is -0.442. The fourth-order valence-electron chi connectivity index (χ4n) is 4.04. The first-order valence-corrected chi connectivity index (χ1v) is 11.5. The number of rotatable bonds is 8. The molecule has 0 saturated carbocycles. The highest BCUT2D eigenvalue weighted by atomic mass is 32.1. The average Bonchev–Trinajstić information content (AvgIpc) is 3.31. The highest BCUT2D eigenvalue weighted by Crippen LogP contribution is 2.24. The molecule has 1 aliphatic heterocycles. The molecule has 2 heterocycles. The Bertz CT molecular complexity index is 937. The Labute approximate surface area is 187 Å². The Kier molecular flexibility index (Phi) is 7.12. The Morgan fingerprint density at radius 1 is 1.03 bits per heavy atom. The van der Waals surface area contributed by atoms with E-state index >= 15 is 0 Å². The maximum Gasteiger partial charge on any atom is 0.237 e. The van der Waals surface area contributed by atoms with Crippen LogP contribution >= 0.6 is 11.3 Å². The summed E-state index contributed by atoms with van der Waals surface area (Å²) in [5, 5.41) is 8.03. The molecule has 2 N–H and O–H groups in total. The maximum absolute atomic E-state index is 12.9. The molecule has 0 bridgehead atoms. The van der Waals surface area contributed by atoms with E-state index in [9.17, 15) is 9.59 Å². The van der Waals surface area contributed by atoms with Gasteiger partial charge in [-0.2, -0.15) is 0 Å². The number of benzene rings is 2. The van der Waals surface area contributed by atoms with E-state index in [4.69, 9.17) is 0 Å². The third-order valence-electron chi connectivity index (χ3n) is 5.67. The van der Waals surface area contributed by atoms with E-state index in [2.05, 4.69) is 45.9 Å². The quantitative estimate of drug-likeness (QED) is 0.573. The van der Waals surface area contributed by atoms with E-state index in [1.807, 2.05) is 47.8 Å². The Balaban J connectivity index is 1.42. The van der Waals surface area contributed by atoms with Crippen LogP contribution in [-0.2, 0) is 16.1 Å². The number of carbonyl (C=O) groups is 2. The molecule has 3 aromatic rings. The molecule has 1 saturated heterocycles. The van der Waals surface area contributed by atoms with Crippen LogP contribution in [0.25, 0.3) is 0 Å². The summed E-state index contributed by atoms with van der Waals surface area (Å²) in [6.45, 7) is 2.55. The number of amides is 2. The molecule has 2 aromatic carbocycles. The zero-order valence-corrected chi connectivity index (χ0v) is 18.2. The fraction of sp³-hybridized carbons (Fsp3) is 0.280. The minimum Gasteiger partial charge on any atom is -0.355 e. The molecule has 2 amide bonds. The second-order valence-electron chi connectivity index (χ2n) is 7.74. The van der Waals surface area contributed by atoms with Crippen LogP contribution in [0, 0.1) is 0 Å². The average molecular weight is 434 g/mol. The maximum atomic E-state index is 12.9. The van der Waals surface area contributed by atoms with Crippen molar-refractivity contribution < 1.29 is 9.59 Å². The second-order valence-corrected chi connectivity index (χ2v) is 8.77. The van der Waals surface area contributed by atoms with Crippen molar-refractivity contribution in [2.75, 3.05) is 19.6 Å². The van der Waals surface area contributed by atoms with E-state index < -0.39 is 6.04 Å². The summed E-state index contributed by atoms with van der Waals surface area (Å²) < 4.78 is 0. The molecule has 4 rings (SSSR count). The molecule has 6 heteroatoms. The first-order valence-electron chi connectivity index (χ1n) is 10.6. The summed E-state index contributed by atoms with van der Waals surface area (Å²) in [7, 11) is 0. The van der Waals surface area contributed by atoms with Gasteiger partial charge in [-0.05, 0) is 22.6 Å². The Hall–Kier alpha value is -2.96. The van der Waals surface area contributed by atoms with Crippen LogP contribution in [0.4, 0.5) is 0 Å². The molecule has 1 fully saturated rings. The number of carbonyl (C=O) groups excluding carboxylic acids is 2. The van der Waals surface area contributed by atoms with Gasteiger partial charge in [-0.25, -0.2) is 0 Å². The molecule has 1 atom stereocenters. The van der Waals surface area contributed by atoms with E-state index in [1.165, 1.54) is 4.88 Å².